The van der Waals surface area contributed by atoms with Crippen LogP contribution in [0, 0.1) is 19.8 Å². The normalized spacial score (nSPS) is 22.8. The Balaban J connectivity index is 2.45. The molecule has 2 atom stereocenters. The summed E-state index contributed by atoms with van der Waals surface area (Å²) in [6.45, 7) is 5.35. The fraction of sp³-hybridized carbons (Fsp3) is 0.562. The summed E-state index contributed by atoms with van der Waals surface area (Å²) in [5.74, 6) is -0.961. The third-order valence-corrected chi connectivity index (χ3v) is 6.58. The molecular weight excluding hydrogens is 318 g/mol. The highest BCUT2D eigenvalue weighted by atomic mass is 32.2. The highest BCUT2D eigenvalue weighted by molar-refractivity contribution is 7.89. The lowest BCUT2D eigenvalue weighted by molar-refractivity contribution is -0.143. The lowest BCUT2D eigenvalue weighted by atomic mass is 9.96. The third-order valence-electron chi connectivity index (χ3n) is 4.45. The molecule has 1 N–H and O–H groups in total. The van der Waals surface area contributed by atoms with Crippen molar-refractivity contribution in [2.24, 2.45) is 5.92 Å². The Morgan fingerprint density at radius 2 is 1.91 bits per heavy atom. The molecule has 7 heteroatoms. The molecule has 0 bridgehead atoms. The van der Waals surface area contributed by atoms with E-state index in [-0.39, 0.29) is 17.5 Å². The van der Waals surface area contributed by atoms with Gasteiger partial charge < -0.3 is 9.84 Å². The molecular formula is C16H23NO5S. The van der Waals surface area contributed by atoms with Crippen LogP contribution in [0.3, 0.4) is 0 Å². The molecule has 1 aromatic carbocycles. The first kappa shape index (κ1) is 17.7. The van der Waals surface area contributed by atoms with Crippen LogP contribution in [-0.2, 0) is 14.8 Å². The van der Waals surface area contributed by atoms with Crippen LogP contribution >= 0.6 is 0 Å². The van der Waals surface area contributed by atoms with Gasteiger partial charge in [-0.05, 0) is 56.9 Å². The molecule has 0 spiro atoms. The number of hydrogen-bond donors (Lipinski definition) is 1. The van der Waals surface area contributed by atoms with Crippen molar-refractivity contribution in [2.75, 3.05) is 13.7 Å². The largest absolute Gasteiger partial charge is 0.496 e. The highest BCUT2D eigenvalue weighted by Gasteiger charge is 2.38. The second-order valence-electron chi connectivity index (χ2n) is 6.12. The van der Waals surface area contributed by atoms with Crippen molar-refractivity contribution in [3.8, 4) is 5.75 Å². The third kappa shape index (κ3) is 3.35. The molecule has 1 fully saturated rings. The number of carboxylic acids is 1. The summed E-state index contributed by atoms with van der Waals surface area (Å²) in [5, 5.41) is 9.21. The average Bonchev–Trinajstić information content (AvgIpc) is 2.48. The minimum Gasteiger partial charge on any atom is -0.496 e. The number of aliphatic carboxylic acids is 1. The lowest BCUT2D eigenvalue weighted by Crippen LogP contribution is -2.47. The molecule has 6 nitrogen and oxygen atoms in total. The van der Waals surface area contributed by atoms with Gasteiger partial charge >= 0.3 is 5.97 Å². The summed E-state index contributed by atoms with van der Waals surface area (Å²) >= 11 is 0. The van der Waals surface area contributed by atoms with Gasteiger partial charge in [0.1, 0.15) is 5.75 Å². The molecule has 0 radical (unpaired) electrons. The summed E-state index contributed by atoms with van der Waals surface area (Å²) in [4.78, 5) is 11.5. The first-order valence-electron chi connectivity index (χ1n) is 7.58. The van der Waals surface area contributed by atoms with Crippen molar-refractivity contribution in [3.05, 3.63) is 23.3 Å². The summed E-state index contributed by atoms with van der Waals surface area (Å²) < 4.78 is 32.6. The first-order chi connectivity index (χ1) is 10.7. The maximum Gasteiger partial charge on any atom is 0.307 e. The molecule has 128 valence electrons. The number of carbonyl (C=O) groups is 1. The molecule has 1 aliphatic rings. The van der Waals surface area contributed by atoms with Gasteiger partial charge in [-0.1, -0.05) is 0 Å². The first-order valence-corrected chi connectivity index (χ1v) is 9.02. The number of piperidine rings is 1. The van der Waals surface area contributed by atoms with Gasteiger partial charge in [0.15, 0.2) is 0 Å². The lowest BCUT2D eigenvalue weighted by Gasteiger charge is -2.35. The fourth-order valence-electron chi connectivity index (χ4n) is 3.00. The minimum atomic E-state index is -3.74. The van der Waals surface area contributed by atoms with E-state index in [1.54, 1.807) is 33.1 Å². The van der Waals surface area contributed by atoms with E-state index in [1.807, 2.05) is 6.92 Å². The quantitative estimate of drug-likeness (QED) is 0.907. The van der Waals surface area contributed by atoms with Gasteiger partial charge in [0.05, 0.1) is 17.9 Å². The minimum absolute atomic E-state index is 0.0172. The van der Waals surface area contributed by atoms with Gasteiger partial charge in [0.2, 0.25) is 10.0 Å². The van der Waals surface area contributed by atoms with Gasteiger partial charge in [-0.25, -0.2) is 8.42 Å². The Kier molecular flexibility index (Phi) is 5.01. The van der Waals surface area contributed by atoms with E-state index >= 15 is 0 Å². The SMILES string of the molecule is COc1cc(C)c(S(=O)(=O)N2CC(C(=O)O)CCC2C)cc1C. The van der Waals surface area contributed by atoms with E-state index in [4.69, 9.17) is 4.74 Å². The zero-order valence-corrected chi connectivity index (χ0v) is 14.7. The van der Waals surface area contributed by atoms with Crippen LogP contribution in [0.2, 0.25) is 0 Å². The molecule has 1 aromatic rings. The molecule has 1 aliphatic heterocycles. The van der Waals surface area contributed by atoms with Crippen LogP contribution in [0.5, 0.6) is 5.75 Å². The van der Waals surface area contributed by atoms with Crippen LogP contribution in [0.15, 0.2) is 17.0 Å². The smallest absolute Gasteiger partial charge is 0.307 e. The van der Waals surface area contributed by atoms with E-state index in [2.05, 4.69) is 0 Å². The fourth-order valence-corrected chi connectivity index (χ4v) is 5.00. The summed E-state index contributed by atoms with van der Waals surface area (Å²) in [7, 11) is -2.20. The molecule has 0 aliphatic carbocycles. The van der Waals surface area contributed by atoms with E-state index in [9.17, 15) is 18.3 Å². The van der Waals surface area contributed by atoms with E-state index in [0.29, 0.717) is 24.2 Å². The van der Waals surface area contributed by atoms with Crippen LogP contribution in [0.1, 0.15) is 30.9 Å². The molecule has 2 rings (SSSR count). The molecule has 0 saturated carbocycles. The Morgan fingerprint density at radius 1 is 1.26 bits per heavy atom. The van der Waals surface area contributed by atoms with Gasteiger partial charge in [-0.15, -0.1) is 0 Å². The van der Waals surface area contributed by atoms with Gasteiger partial charge in [-0.3, -0.25) is 4.79 Å². The number of ether oxygens (including phenoxy) is 1. The second-order valence-corrected chi connectivity index (χ2v) is 7.98. The zero-order chi connectivity index (χ0) is 17.4. The van der Waals surface area contributed by atoms with E-state index < -0.39 is 21.9 Å². The maximum atomic E-state index is 13.0. The Morgan fingerprint density at radius 3 is 2.48 bits per heavy atom. The zero-order valence-electron chi connectivity index (χ0n) is 13.9. The summed E-state index contributed by atoms with van der Waals surface area (Å²) in [6, 6.07) is 3.09. The molecule has 0 amide bonds. The standard InChI is InChI=1S/C16H23NO5S/c1-10-8-15(11(2)7-14(10)22-4)23(20,21)17-9-13(16(18)19)6-5-12(17)3/h7-8,12-13H,5-6,9H2,1-4H3,(H,18,19). The van der Waals surface area contributed by atoms with Crippen LogP contribution in [0.25, 0.3) is 0 Å². The maximum absolute atomic E-state index is 13.0. The van der Waals surface area contributed by atoms with Crippen molar-refractivity contribution in [2.45, 2.75) is 44.6 Å². The van der Waals surface area contributed by atoms with Gasteiger partial charge in [0.25, 0.3) is 0 Å². The van der Waals surface area contributed by atoms with Crippen LogP contribution in [-0.4, -0.2) is 43.5 Å². The molecule has 23 heavy (non-hydrogen) atoms. The number of benzene rings is 1. The predicted molar refractivity (Wildman–Crippen MR) is 86.2 cm³/mol. The number of sulfonamides is 1. The molecule has 0 aromatic heterocycles. The summed E-state index contributed by atoms with van der Waals surface area (Å²) in [5.41, 5.74) is 1.33. The number of methoxy groups -OCH3 is 1. The number of nitrogens with zero attached hydrogens (tertiary/aromatic N) is 1. The molecule has 1 saturated heterocycles. The number of hydrogen-bond acceptors (Lipinski definition) is 4. The Hall–Kier alpha value is -1.60. The van der Waals surface area contributed by atoms with Gasteiger partial charge in [-0.2, -0.15) is 4.31 Å². The van der Waals surface area contributed by atoms with Crippen molar-refractivity contribution in [3.63, 3.8) is 0 Å². The molecule has 2 unspecified atom stereocenters. The Bertz CT molecular complexity index is 713. The predicted octanol–water partition coefficient (Wildman–Crippen LogP) is 2.19. The number of carboxylic acid groups (broad SMARTS) is 1. The van der Waals surface area contributed by atoms with Gasteiger partial charge in [0, 0.05) is 12.6 Å². The van der Waals surface area contributed by atoms with Crippen LogP contribution < -0.4 is 4.74 Å². The monoisotopic (exact) mass is 341 g/mol. The average molecular weight is 341 g/mol. The molecule has 1 heterocycles. The Labute approximate surface area is 137 Å². The van der Waals surface area contributed by atoms with Crippen molar-refractivity contribution in [1.29, 1.82) is 0 Å². The van der Waals surface area contributed by atoms with Crippen LogP contribution in [0.4, 0.5) is 0 Å². The van der Waals surface area contributed by atoms with Crippen molar-refractivity contribution >= 4 is 16.0 Å². The second kappa shape index (κ2) is 6.49. The van der Waals surface area contributed by atoms with Crippen molar-refractivity contribution in [1.82, 2.24) is 4.31 Å². The van der Waals surface area contributed by atoms with E-state index in [1.165, 1.54) is 4.31 Å². The topological polar surface area (TPSA) is 83.9 Å². The summed E-state index contributed by atoms with van der Waals surface area (Å²) in [6.07, 6.45) is 1.05. The highest BCUT2D eigenvalue weighted by Crippen LogP contribution is 2.32. The number of aryl methyl sites for hydroxylation is 2. The van der Waals surface area contributed by atoms with Crippen molar-refractivity contribution < 1.29 is 23.1 Å². The van der Waals surface area contributed by atoms with E-state index in [0.717, 1.165) is 5.56 Å². The number of rotatable bonds is 4.